The second-order valence-electron chi connectivity index (χ2n) is 22.1. The topological polar surface area (TPSA) is 219 Å². The second-order valence-corrected chi connectivity index (χ2v) is 23.8. The number of aromatic amines is 1. The van der Waals surface area contributed by atoms with Crippen LogP contribution in [0.1, 0.15) is 131 Å². The lowest BCUT2D eigenvalue weighted by atomic mass is 9.59. The Bertz CT molecular complexity index is 2940. The number of benzene rings is 2. The van der Waals surface area contributed by atoms with E-state index in [9.17, 15) is 37.9 Å². The number of pyridine rings is 2. The van der Waals surface area contributed by atoms with Crippen LogP contribution in [0.2, 0.25) is 0 Å². The van der Waals surface area contributed by atoms with E-state index in [0.29, 0.717) is 49.1 Å². The summed E-state index contributed by atoms with van der Waals surface area (Å²) < 4.78 is 50.6. The summed E-state index contributed by atoms with van der Waals surface area (Å²) in [7, 11) is -4.70. The van der Waals surface area contributed by atoms with E-state index in [4.69, 9.17) is 4.74 Å². The Balaban J connectivity index is 0.840. The van der Waals surface area contributed by atoms with Gasteiger partial charge in [-0.2, -0.15) is 0 Å². The van der Waals surface area contributed by atoms with Gasteiger partial charge in [-0.05, 0) is 131 Å². The molecule has 5 aromatic rings. The Morgan fingerprint density at radius 1 is 0.959 bits per heavy atom. The Hall–Kier alpha value is -5.73. The SMILES string of the molecule is CC(C)c1ccccc1[C@@H]1CN(C2CCC(O)CC2)CCN1C1CC2(CCN(c3ccc(C(=O)NS(=O)(=O)c4cnc(NCC5CCC(C)(O)CC5)c([N+](=O)[O-])c4)c(Oc4cnc5[nH]cc(F)c5c4)c3)CC2)C1. The van der Waals surface area contributed by atoms with Crippen molar-refractivity contribution >= 4 is 44.2 Å². The number of piperazine rings is 1. The lowest BCUT2D eigenvalue weighted by Gasteiger charge is -2.59. The highest BCUT2D eigenvalue weighted by atomic mass is 32.2. The Morgan fingerprint density at radius 2 is 1.70 bits per heavy atom. The van der Waals surface area contributed by atoms with E-state index in [1.807, 2.05) is 0 Å². The lowest BCUT2D eigenvalue weighted by Crippen LogP contribution is -2.61. The fourth-order valence-corrected chi connectivity index (χ4v) is 13.3. The number of H-pyrrole nitrogens is 1. The molecule has 2 saturated heterocycles. The molecule has 3 saturated carbocycles. The minimum Gasteiger partial charge on any atom is -0.455 e. The van der Waals surface area contributed by atoms with E-state index < -0.39 is 42.9 Å². The predicted octanol–water partition coefficient (Wildman–Crippen LogP) is 8.80. The molecule has 2 aliphatic heterocycles. The molecule has 5 fully saturated rings. The van der Waals surface area contributed by atoms with Gasteiger partial charge in [0.1, 0.15) is 27.9 Å². The molecule has 1 atom stereocenters. The van der Waals surface area contributed by atoms with Crippen molar-refractivity contribution in [2.24, 2.45) is 11.3 Å². The standard InChI is InChI=1S/C54H68FN9O8S/c1-34(2)42-6-4-5-7-43(42)48-33-62(36-8-11-39(65)12-9-36)22-23-63(48)38-27-54(28-38)18-20-61(21-19-54)37-10-13-44(49(24-37)72-40-25-45-46(55)32-59-50(45)57-30-40)52(66)60-73(70,71)41-26-47(64(68)69)51(58-31-41)56-29-35-14-16-53(3,67)17-15-35/h4-7,10,13,24-26,30-32,34-36,38-39,48,65,67H,8-9,11-12,14-23,27-29,33H2,1-3H3,(H,56,58)(H,57,59)(H,60,66)/t35?,36?,39?,48-,53?/m0/s1. The number of amides is 1. The number of fused-ring (bicyclic) bond motifs is 1. The van der Waals surface area contributed by atoms with Gasteiger partial charge in [0, 0.05) is 81.4 Å². The summed E-state index contributed by atoms with van der Waals surface area (Å²) in [6.07, 6.45) is 14.0. The molecule has 2 aromatic carbocycles. The third-order valence-corrected chi connectivity index (χ3v) is 18.1. The smallest absolute Gasteiger partial charge is 0.312 e. The summed E-state index contributed by atoms with van der Waals surface area (Å²) in [4.78, 5) is 43.8. The third kappa shape index (κ3) is 10.9. The van der Waals surface area contributed by atoms with Crippen molar-refractivity contribution in [2.75, 3.05) is 49.5 Å². The summed E-state index contributed by atoms with van der Waals surface area (Å²) in [5.41, 5.74) is 2.65. The quantitative estimate of drug-likeness (QED) is 0.0519. The number of carbonyl (C=O) groups is 1. The minimum atomic E-state index is -4.70. The van der Waals surface area contributed by atoms with Crippen molar-refractivity contribution in [3.8, 4) is 11.5 Å². The first-order valence-electron chi connectivity index (χ1n) is 26.1. The van der Waals surface area contributed by atoms with Gasteiger partial charge in [0.05, 0.1) is 40.0 Å². The number of halogens is 1. The number of aliphatic hydroxyl groups is 2. The number of carbonyl (C=O) groups excluding carboxylic acids is 1. The molecule has 5 aliphatic rings. The first-order valence-corrected chi connectivity index (χ1v) is 27.6. The number of rotatable bonds is 14. The molecule has 1 spiro atoms. The fourth-order valence-electron chi connectivity index (χ4n) is 12.4. The Morgan fingerprint density at radius 3 is 2.42 bits per heavy atom. The van der Waals surface area contributed by atoms with Gasteiger partial charge in [-0.15, -0.1) is 0 Å². The number of sulfonamides is 1. The second kappa shape index (κ2) is 20.5. The first-order chi connectivity index (χ1) is 34.9. The monoisotopic (exact) mass is 1020 g/mol. The summed E-state index contributed by atoms with van der Waals surface area (Å²) in [6.45, 7) is 11.3. The van der Waals surface area contributed by atoms with Crippen LogP contribution in [-0.2, 0) is 10.0 Å². The Labute approximate surface area is 426 Å². The van der Waals surface area contributed by atoms with Crippen LogP contribution in [0.4, 0.5) is 21.6 Å². The lowest BCUT2D eigenvalue weighted by molar-refractivity contribution is -0.384. The van der Waals surface area contributed by atoms with Crippen molar-refractivity contribution in [3.63, 3.8) is 0 Å². The van der Waals surface area contributed by atoms with E-state index in [1.165, 1.54) is 35.7 Å². The average molecular weight is 1020 g/mol. The number of nitrogens with one attached hydrogen (secondary N) is 3. The van der Waals surface area contributed by atoms with Crippen LogP contribution in [0.25, 0.3) is 11.0 Å². The highest BCUT2D eigenvalue weighted by Gasteiger charge is 2.50. The van der Waals surface area contributed by atoms with Crippen molar-refractivity contribution in [1.82, 2.24) is 29.5 Å². The zero-order chi connectivity index (χ0) is 51.2. The molecule has 5 N–H and O–H groups in total. The molecule has 3 aliphatic carbocycles. The molecule has 0 radical (unpaired) electrons. The zero-order valence-corrected chi connectivity index (χ0v) is 42.8. The molecule has 390 valence electrons. The summed E-state index contributed by atoms with van der Waals surface area (Å²) >= 11 is 0. The number of aromatic nitrogens is 3. The van der Waals surface area contributed by atoms with Gasteiger partial charge in [0.2, 0.25) is 5.82 Å². The molecule has 5 heterocycles. The van der Waals surface area contributed by atoms with Crippen LogP contribution in [0.15, 0.2) is 78.1 Å². The van der Waals surface area contributed by atoms with Gasteiger partial charge >= 0.3 is 5.69 Å². The summed E-state index contributed by atoms with van der Waals surface area (Å²) in [5, 5.41) is 35.9. The number of hydrogen-bond acceptors (Lipinski definition) is 14. The number of hydrogen-bond donors (Lipinski definition) is 5. The molecule has 3 aromatic heterocycles. The average Bonchev–Trinajstić information content (AvgIpc) is 3.74. The van der Waals surface area contributed by atoms with Crippen LogP contribution in [0, 0.1) is 27.3 Å². The highest BCUT2D eigenvalue weighted by Crippen LogP contribution is 2.54. The van der Waals surface area contributed by atoms with Crippen LogP contribution in [0.3, 0.4) is 0 Å². The Kier molecular flexibility index (Phi) is 14.3. The maximum absolute atomic E-state index is 14.7. The highest BCUT2D eigenvalue weighted by molar-refractivity contribution is 7.90. The largest absolute Gasteiger partial charge is 0.455 e. The van der Waals surface area contributed by atoms with Crippen LogP contribution < -0.4 is 19.7 Å². The van der Waals surface area contributed by atoms with Gasteiger partial charge in [-0.1, -0.05) is 38.1 Å². The van der Waals surface area contributed by atoms with Gasteiger partial charge < -0.3 is 30.2 Å². The van der Waals surface area contributed by atoms with Crippen molar-refractivity contribution in [1.29, 1.82) is 0 Å². The van der Waals surface area contributed by atoms with Crippen LogP contribution in [-0.4, -0.2) is 117 Å². The van der Waals surface area contributed by atoms with E-state index in [2.05, 4.69) is 77.8 Å². The molecule has 0 bridgehead atoms. The number of nitro groups is 1. The maximum Gasteiger partial charge on any atom is 0.312 e. The molecule has 19 heteroatoms. The van der Waals surface area contributed by atoms with E-state index >= 15 is 0 Å². The molecular weight excluding hydrogens is 954 g/mol. The number of ether oxygens (including phenoxy) is 1. The normalized spacial score (nSPS) is 25.2. The fraction of sp³-hybridized carbons (Fsp3) is 0.537. The summed E-state index contributed by atoms with van der Waals surface area (Å²) in [6, 6.07) is 17.5. The van der Waals surface area contributed by atoms with Gasteiger partial charge in [-0.25, -0.2) is 27.5 Å². The molecule has 10 rings (SSSR count). The number of aliphatic hydroxyl groups excluding tert-OH is 1. The molecule has 17 nitrogen and oxygen atoms in total. The molecule has 73 heavy (non-hydrogen) atoms. The molecule has 0 unspecified atom stereocenters. The molecular formula is C54H68FN9O8S. The first kappa shape index (κ1) is 50.8. The van der Waals surface area contributed by atoms with Gasteiger partial charge in [-0.3, -0.25) is 24.7 Å². The summed E-state index contributed by atoms with van der Waals surface area (Å²) in [5.74, 6) is -1.02. The maximum atomic E-state index is 14.7. The van der Waals surface area contributed by atoms with E-state index in [1.54, 1.807) is 19.1 Å². The number of anilines is 2. The van der Waals surface area contributed by atoms with Crippen molar-refractivity contribution < 1.29 is 37.5 Å². The van der Waals surface area contributed by atoms with E-state index in [0.717, 1.165) is 115 Å². The van der Waals surface area contributed by atoms with Crippen LogP contribution in [0.5, 0.6) is 11.5 Å². The minimum absolute atomic E-state index is 0.00966. The van der Waals surface area contributed by atoms with Gasteiger partial charge in [0.15, 0.2) is 0 Å². The third-order valence-electron chi connectivity index (χ3n) is 16.8. The van der Waals surface area contributed by atoms with Gasteiger partial charge in [0.25, 0.3) is 15.9 Å². The van der Waals surface area contributed by atoms with Crippen LogP contribution >= 0.6 is 0 Å². The molecule has 1 amide bonds. The zero-order valence-electron chi connectivity index (χ0n) is 41.9. The number of nitrogens with zero attached hydrogens (tertiary/aromatic N) is 6. The van der Waals surface area contributed by atoms with E-state index in [-0.39, 0.29) is 45.7 Å². The van der Waals surface area contributed by atoms with Crippen molar-refractivity contribution in [2.45, 2.75) is 138 Å². The van der Waals surface area contributed by atoms with Crippen molar-refractivity contribution in [3.05, 3.63) is 106 Å². The number of piperidine rings is 1. The predicted molar refractivity (Wildman–Crippen MR) is 276 cm³/mol.